The van der Waals surface area contributed by atoms with Gasteiger partial charge in [-0.2, -0.15) is 0 Å². The molecule has 3 amide bonds. The van der Waals surface area contributed by atoms with E-state index in [2.05, 4.69) is 20.8 Å². The first-order chi connectivity index (χ1) is 12.8. The summed E-state index contributed by atoms with van der Waals surface area (Å²) < 4.78 is 5.16. The quantitative estimate of drug-likeness (QED) is 0.816. The van der Waals surface area contributed by atoms with Gasteiger partial charge in [0, 0.05) is 35.9 Å². The predicted molar refractivity (Wildman–Crippen MR) is 103 cm³/mol. The Balaban J connectivity index is 1.57. The normalized spacial score (nSPS) is 13.6. The highest BCUT2D eigenvalue weighted by Gasteiger charge is 2.25. The van der Waals surface area contributed by atoms with Gasteiger partial charge >= 0.3 is 6.03 Å². The molecule has 0 fully saturated rings. The van der Waals surface area contributed by atoms with E-state index in [1.54, 1.807) is 0 Å². The second-order valence-electron chi connectivity index (χ2n) is 7.01. The minimum atomic E-state index is -0.261. The standard InChI is InChI=1S/C18H25N5O3S/c1-10(2)19-17(25)21-18-20-14-7-8-23(9-15(14)27-18)16(24)6-5-13-11(3)22-26-12(13)4/h10H,5-9H2,1-4H3,(H2,19,20,21,25). The average molecular weight is 391 g/mol. The van der Waals surface area contributed by atoms with Crippen LogP contribution in [0.4, 0.5) is 9.93 Å². The number of nitrogens with one attached hydrogen (secondary N) is 2. The molecule has 0 saturated heterocycles. The maximum atomic E-state index is 12.6. The molecular formula is C18H25N5O3S. The lowest BCUT2D eigenvalue weighted by atomic mass is 10.1. The Morgan fingerprint density at radius 2 is 2.11 bits per heavy atom. The molecule has 0 radical (unpaired) electrons. The van der Waals surface area contributed by atoms with Gasteiger partial charge in [0.2, 0.25) is 5.91 Å². The summed E-state index contributed by atoms with van der Waals surface area (Å²) in [5, 5.41) is 10.1. The maximum absolute atomic E-state index is 12.6. The van der Waals surface area contributed by atoms with Crippen LogP contribution < -0.4 is 10.6 Å². The summed E-state index contributed by atoms with van der Waals surface area (Å²) in [5.41, 5.74) is 2.83. The summed E-state index contributed by atoms with van der Waals surface area (Å²) in [5.74, 6) is 0.889. The van der Waals surface area contributed by atoms with Crippen molar-refractivity contribution in [3.63, 3.8) is 0 Å². The van der Waals surface area contributed by atoms with Crippen LogP contribution in [0.2, 0.25) is 0 Å². The molecule has 0 unspecified atom stereocenters. The van der Waals surface area contributed by atoms with Gasteiger partial charge in [0.1, 0.15) is 5.76 Å². The van der Waals surface area contributed by atoms with Crippen LogP contribution in [0.1, 0.15) is 47.9 Å². The molecule has 146 valence electrons. The Kier molecular flexibility index (Phi) is 5.79. The van der Waals surface area contributed by atoms with Crippen molar-refractivity contribution < 1.29 is 14.1 Å². The largest absolute Gasteiger partial charge is 0.361 e. The van der Waals surface area contributed by atoms with Gasteiger partial charge in [0.25, 0.3) is 0 Å². The Morgan fingerprint density at radius 1 is 1.33 bits per heavy atom. The van der Waals surface area contributed by atoms with Crippen LogP contribution in [0.3, 0.4) is 0 Å². The van der Waals surface area contributed by atoms with E-state index in [0.29, 0.717) is 37.5 Å². The molecule has 2 N–H and O–H groups in total. The third-order valence-electron chi connectivity index (χ3n) is 4.49. The average Bonchev–Trinajstić information content (AvgIpc) is 3.13. The number of fused-ring (bicyclic) bond motifs is 1. The molecule has 0 spiro atoms. The van der Waals surface area contributed by atoms with E-state index >= 15 is 0 Å². The van der Waals surface area contributed by atoms with Crippen LogP contribution in [0, 0.1) is 13.8 Å². The number of anilines is 1. The number of thiazole rings is 1. The van der Waals surface area contributed by atoms with E-state index in [0.717, 1.165) is 27.6 Å². The zero-order valence-corrected chi connectivity index (χ0v) is 16.9. The fraction of sp³-hybridized carbons (Fsp3) is 0.556. The first kappa shape index (κ1) is 19.3. The summed E-state index contributed by atoms with van der Waals surface area (Å²) in [6.45, 7) is 8.76. The van der Waals surface area contributed by atoms with Crippen molar-refractivity contribution in [1.82, 2.24) is 20.4 Å². The van der Waals surface area contributed by atoms with E-state index in [4.69, 9.17) is 4.52 Å². The first-order valence-corrected chi connectivity index (χ1v) is 9.90. The molecule has 0 bridgehead atoms. The number of hydrogen-bond acceptors (Lipinski definition) is 6. The van der Waals surface area contributed by atoms with Crippen molar-refractivity contribution in [2.45, 2.75) is 59.5 Å². The second kappa shape index (κ2) is 8.08. The highest BCUT2D eigenvalue weighted by molar-refractivity contribution is 7.15. The molecule has 0 atom stereocenters. The van der Waals surface area contributed by atoms with Gasteiger partial charge in [0.15, 0.2) is 5.13 Å². The van der Waals surface area contributed by atoms with E-state index in [1.807, 2.05) is 32.6 Å². The van der Waals surface area contributed by atoms with Crippen molar-refractivity contribution in [3.8, 4) is 0 Å². The van der Waals surface area contributed by atoms with Gasteiger partial charge < -0.3 is 14.7 Å². The topological polar surface area (TPSA) is 100 Å². The minimum absolute atomic E-state index is 0.0606. The van der Waals surface area contributed by atoms with E-state index < -0.39 is 0 Å². The molecule has 27 heavy (non-hydrogen) atoms. The number of urea groups is 1. The van der Waals surface area contributed by atoms with Crippen LogP contribution in [0.5, 0.6) is 0 Å². The lowest BCUT2D eigenvalue weighted by Crippen LogP contribution is -2.35. The smallest absolute Gasteiger partial charge is 0.321 e. The van der Waals surface area contributed by atoms with Gasteiger partial charge in [-0.3, -0.25) is 10.1 Å². The summed E-state index contributed by atoms with van der Waals surface area (Å²) in [4.78, 5) is 31.8. The van der Waals surface area contributed by atoms with Crippen molar-refractivity contribution in [1.29, 1.82) is 0 Å². The van der Waals surface area contributed by atoms with Gasteiger partial charge in [-0.15, -0.1) is 0 Å². The first-order valence-electron chi connectivity index (χ1n) is 9.09. The molecule has 0 aliphatic carbocycles. The molecule has 9 heteroatoms. The van der Waals surface area contributed by atoms with E-state index in [9.17, 15) is 9.59 Å². The molecule has 0 aromatic carbocycles. The number of carbonyl (C=O) groups excluding carboxylic acids is 2. The summed E-state index contributed by atoms with van der Waals surface area (Å²) >= 11 is 1.43. The molecule has 1 aliphatic heterocycles. The Bertz CT molecular complexity index is 823. The lowest BCUT2D eigenvalue weighted by molar-refractivity contribution is -0.132. The molecule has 3 heterocycles. The molecule has 8 nitrogen and oxygen atoms in total. The summed E-state index contributed by atoms with van der Waals surface area (Å²) in [6.07, 6.45) is 1.77. The fourth-order valence-corrected chi connectivity index (χ4v) is 4.12. The van der Waals surface area contributed by atoms with Crippen molar-refractivity contribution >= 4 is 28.4 Å². The predicted octanol–water partition coefficient (Wildman–Crippen LogP) is 2.80. The van der Waals surface area contributed by atoms with Crippen LogP contribution in [0.15, 0.2) is 4.52 Å². The zero-order chi connectivity index (χ0) is 19.6. The number of aryl methyl sites for hydroxylation is 2. The van der Waals surface area contributed by atoms with Gasteiger partial charge in [-0.05, 0) is 34.1 Å². The maximum Gasteiger partial charge on any atom is 0.321 e. The van der Waals surface area contributed by atoms with E-state index in [-0.39, 0.29) is 18.0 Å². The van der Waals surface area contributed by atoms with Crippen LogP contribution >= 0.6 is 11.3 Å². The number of amides is 3. The lowest BCUT2D eigenvalue weighted by Gasteiger charge is -2.26. The molecule has 2 aromatic heterocycles. The highest BCUT2D eigenvalue weighted by atomic mass is 32.1. The second-order valence-corrected chi connectivity index (χ2v) is 8.09. The fourth-order valence-electron chi connectivity index (χ4n) is 3.11. The molecular weight excluding hydrogens is 366 g/mol. The number of nitrogens with zero attached hydrogens (tertiary/aromatic N) is 3. The van der Waals surface area contributed by atoms with Crippen molar-refractivity contribution in [2.75, 3.05) is 11.9 Å². The van der Waals surface area contributed by atoms with Crippen LogP contribution in [-0.2, 0) is 24.2 Å². The van der Waals surface area contributed by atoms with Gasteiger partial charge in [-0.25, -0.2) is 9.78 Å². The number of rotatable bonds is 5. The number of hydrogen-bond donors (Lipinski definition) is 2. The van der Waals surface area contributed by atoms with Crippen LogP contribution in [-0.4, -0.2) is 39.6 Å². The van der Waals surface area contributed by atoms with Crippen molar-refractivity contribution in [2.24, 2.45) is 0 Å². The SMILES string of the molecule is Cc1noc(C)c1CCC(=O)N1CCc2nc(NC(=O)NC(C)C)sc2C1. The van der Waals surface area contributed by atoms with E-state index in [1.165, 1.54) is 11.3 Å². The summed E-state index contributed by atoms with van der Waals surface area (Å²) in [7, 11) is 0. The Hall–Kier alpha value is -2.42. The molecule has 1 aliphatic rings. The van der Waals surface area contributed by atoms with Crippen LogP contribution in [0.25, 0.3) is 0 Å². The number of aromatic nitrogens is 2. The Morgan fingerprint density at radius 3 is 2.78 bits per heavy atom. The molecule has 0 saturated carbocycles. The van der Waals surface area contributed by atoms with Gasteiger partial charge in [-0.1, -0.05) is 16.5 Å². The minimum Gasteiger partial charge on any atom is -0.361 e. The third kappa shape index (κ3) is 4.65. The molecule has 2 aromatic rings. The highest BCUT2D eigenvalue weighted by Crippen LogP contribution is 2.28. The molecule has 3 rings (SSSR count). The number of carbonyl (C=O) groups is 2. The van der Waals surface area contributed by atoms with Gasteiger partial charge in [0.05, 0.1) is 17.9 Å². The van der Waals surface area contributed by atoms with Crippen molar-refractivity contribution in [3.05, 3.63) is 27.6 Å². The third-order valence-corrected chi connectivity index (χ3v) is 5.49. The zero-order valence-electron chi connectivity index (χ0n) is 16.1. The summed E-state index contributed by atoms with van der Waals surface area (Å²) in [6, 6.07) is -0.200. The monoisotopic (exact) mass is 391 g/mol. The Labute approximate surface area is 162 Å².